The summed E-state index contributed by atoms with van der Waals surface area (Å²) in [6.07, 6.45) is -3.79. The van der Waals surface area contributed by atoms with E-state index in [0.29, 0.717) is 6.20 Å². The number of pyridine rings is 1. The molecule has 146 valence electrons. The predicted octanol–water partition coefficient (Wildman–Crippen LogP) is 3.58. The lowest BCUT2D eigenvalue weighted by atomic mass is 10.1. The van der Waals surface area contributed by atoms with Gasteiger partial charge in [-0.2, -0.15) is 13.2 Å². The zero-order valence-corrected chi connectivity index (χ0v) is 15.6. The van der Waals surface area contributed by atoms with Gasteiger partial charge in [-0.1, -0.05) is 41.9 Å². The van der Waals surface area contributed by atoms with Gasteiger partial charge in [-0.15, -0.1) is 0 Å². The van der Waals surface area contributed by atoms with E-state index in [1.54, 1.807) is 19.0 Å². The zero-order valence-electron chi connectivity index (χ0n) is 14.8. The lowest BCUT2D eigenvalue weighted by molar-refractivity contribution is -0.137. The molecule has 0 bridgehead atoms. The van der Waals surface area contributed by atoms with Crippen molar-refractivity contribution in [3.8, 4) is 0 Å². The summed E-state index contributed by atoms with van der Waals surface area (Å²) in [6.45, 7) is 0.522. The van der Waals surface area contributed by atoms with Crippen LogP contribution < -0.4 is 10.6 Å². The van der Waals surface area contributed by atoms with Crippen LogP contribution in [0.25, 0.3) is 0 Å². The number of hydrogen-bond acceptors (Lipinski definition) is 4. The van der Waals surface area contributed by atoms with Crippen LogP contribution in [0.15, 0.2) is 42.6 Å². The first-order chi connectivity index (χ1) is 12.7. The Morgan fingerprint density at radius 1 is 1.22 bits per heavy atom. The normalized spacial score (nSPS) is 12.7. The Morgan fingerprint density at radius 3 is 2.44 bits per heavy atom. The molecule has 1 aromatic heterocycles. The lowest BCUT2D eigenvalue weighted by Crippen LogP contribution is -2.39. The molecule has 2 N–H and O–H groups in total. The van der Waals surface area contributed by atoms with E-state index in [2.05, 4.69) is 15.6 Å². The Balaban J connectivity index is 1.90. The molecule has 27 heavy (non-hydrogen) atoms. The summed E-state index contributed by atoms with van der Waals surface area (Å²) < 4.78 is 37.8. The second-order valence-electron chi connectivity index (χ2n) is 6.05. The van der Waals surface area contributed by atoms with Crippen molar-refractivity contribution in [2.45, 2.75) is 12.2 Å². The van der Waals surface area contributed by atoms with Crippen molar-refractivity contribution in [2.24, 2.45) is 0 Å². The van der Waals surface area contributed by atoms with Crippen molar-refractivity contribution >= 4 is 23.3 Å². The number of likely N-dealkylation sites (N-methyl/N-ethyl adjacent to an activating group) is 1. The van der Waals surface area contributed by atoms with E-state index >= 15 is 0 Å². The summed E-state index contributed by atoms with van der Waals surface area (Å²) >= 11 is 5.83. The average Bonchev–Trinajstić information content (AvgIpc) is 2.59. The van der Waals surface area contributed by atoms with Gasteiger partial charge in [0.25, 0.3) is 0 Å². The summed E-state index contributed by atoms with van der Waals surface area (Å²) in [7, 11) is 3.61. The maximum Gasteiger partial charge on any atom is 0.417 e. The van der Waals surface area contributed by atoms with Gasteiger partial charge >= 0.3 is 6.18 Å². The van der Waals surface area contributed by atoms with E-state index in [4.69, 9.17) is 11.6 Å². The van der Waals surface area contributed by atoms with E-state index in [-0.39, 0.29) is 29.8 Å². The predicted molar refractivity (Wildman–Crippen MR) is 98.6 cm³/mol. The van der Waals surface area contributed by atoms with Crippen molar-refractivity contribution in [3.63, 3.8) is 0 Å². The molecule has 1 aromatic carbocycles. The molecule has 0 aliphatic carbocycles. The highest BCUT2D eigenvalue weighted by Crippen LogP contribution is 2.32. The Kier molecular flexibility index (Phi) is 7.04. The highest BCUT2D eigenvalue weighted by Gasteiger charge is 2.31. The van der Waals surface area contributed by atoms with Crippen LogP contribution in [0.1, 0.15) is 17.2 Å². The minimum Gasteiger partial charge on any atom is -0.367 e. The molecular formula is C18H20ClF3N4O. The van der Waals surface area contributed by atoms with E-state index < -0.39 is 17.8 Å². The Hall–Kier alpha value is -2.32. The summed E-state index contributed by atoms with van der Waals surface area (Å²) in [6, 6.07) is 9.70. The first-order valence-corrected chi connectivity index (χ1v) is 8.53. The number of carbonyl (C=O) groups excluding carboxylic acids is 1. The lowest BCUT2D eigenvalue weighted by Gasteiger charge is -2.24. The van der Waals surface area contributed by atoms with Gasteiger partial charge in [0.2, 0.25) is 5.91 Å². The van der Waals surface area contributed by atoms with Gasteiger partial charge < -0.3 is 10.6 Å². The number of alkyl halides is 3. The molecule has 0 aliphatic heterocycles. The number of amides is 1. The fourth-order valence-electron chi connectivity index (χ4n) is 2.51. The van der Waals surface area contributed by atoms with Crippen molar-refractivity contribution < 1.29 is 18.0 Å². The van der Waals surface area contributed by atoms with Crippen molar-refractivity contribution in [3.05, 3.63) is 58.7 Å². The van der Waals surface area contributed by atoms with Gasteiger partial charge in [-0.05, 0) is 25.7 Å². The molecule has 2 rings (SSSR count). The number of rotatable bonds is 7. The number of anilines is 1. The molecule has 0 saturated carbocycles. The molecule has 0 aliphatic rings. The van der Waals surface area contributed by atoms with Crippen LogP contribution >= 0.6 is 11.6 Å². The third-order valence-electron chi connectivity index (χ3n) is 3.77. The van der Waals surface area contributed by atoms with E-state index in [0.717, 1.165) is 11.6 Å². The molecule has 5 nitrogen and oxygen atoms in total. The number of aromatic nitrogens is 1. The van der Waals surface area contributed by atoms with Crippen LogP contribution in [0, 0.1) is 0 Å². The second kappa shape index (κ2) is 9.05. The second-order valence-corrected chi connectivity index (χ2v) is 6.45. The molecular weight excluding hydrogens is 381 g/mol. The summed E-state index contributed by atoms with van der Waals surface area (Å²) in [5.74, 6) is -0.0504. The number of halogens is 4. The number of nitrogens with one attached hydrogen (secondary N) is 2. The summed E-state index contributed by atoms with van der Waals surface area (Å²) in [5, 5.41) is 5.48. The molecule has 9 heteroatoms. The maximum atomic E-state index is 12.6. The molecule has 2 aromatic rings. The van der Waals surface area contributed by atoms with Crippen LogP contribution in [0.3, 0.4) is 0 Å². The third-order valence-corrected chi connectivity index (χ3v) is 4.05. The van der Waals surface area contributed by atoms with E-state index in [1.165, 1.54) is 0 Å². The number of carbonyl (C=O) groups is 1. The fourth-order valence-corrected chi connectivity index (χ4v) is 2.74. The largest absolute Gasteiger partial charge is 0.417 e. The van der Waals surface area contributed by atoms with Gasteiger partial charge in [0.1, 0.15) is 11.9 Å². The third kappa shape index (κ3) is 5.83. The minimum absolute atomic E-state index is 0.131. The molecule has 0 radical (unpaired) electrons. The topological polar surface area (TPSA) is 57.3 Å². The van der Waals surface area contributed by atoms with Crippen LogP contribution in [-0.2, 0) is 11.0 Å². The van der Waals surface area contributed by atoms with Gasteiger partial charge in [0.05, 0.1) is 10.6 Å². The van der Waals surface area contributed by atoms with Gasteiger partial charge in [0, 0.05) is 19.3 Å². The van der Waals surface area contributed by atoms with Crippen LogP contribution in [0.4, 0.5) is 19.0 Å². The fraction of sp³-hybridized carbons (Fsp3) is 0.333. The molecule has 1 atom stereocenters. The number of benzene rings is 1. The van der Waals surface area contributed by atoms with Crippen molar-refractivity contribution in [1.29, 1.82) is 0 Å². The Morgan fingerprint density at radius 2 is 1.89 bits per heavy atom. The molecule has 1 amide bonds. The monoisotopic (exact) mass is 400 g/mol. The van der Waals surface area contributed by atoms with Crippen molar-refractivity contribution in [1.82, 2.24) is 15.2 Å². The minimum atomic E-state index is -4.50. The SMILES string of the molecule is CN(C)[C@H](C(=O)NCCNc1ncc(C(F)(F)F)cc1Cl)c1ccccc1. The van der Waals surface area contributed by atoms with Crippen LogP contribution in [0.5, 0.6) is 0 Å². The first kappa shape index (κ1) is 21.0. The van der Waals surface area contributed by atoms with E-state index in [1.807, 2.05) is 30.3 Å². The molecule has 0 unspecified atom stereocenters. The highest BCUT2D eigenvalue weighted by molar-refractivity contribution is 6.32. The summed E-state index contributed by atoms with van der Waals surface area (Å²) in [5.41, 5.74) is -0.0524. The van der Waals surface area contributed by atoms with Crippen LogP contribution in [0.2, 0.25) is 5.02 Å². The van der Waals surface area contributed by atoms with Gasteiger partial charge in [-0.3, -0.25) is 9.69 Å². The molecule has 1 heterocycles. The van der Waals surface area contributed by atoms with Crippen LogP contribution in [-0.4, -0.2) is 43.0 Å². The van der Waals surface area contributed by atoms with Gasteiger partial charge in [-0.25, -0.2) is 4.98 Å². The number of nitrogens with zero attached hydrogens (tertiary/aromatic N) is 2. The zero-order chi connectivity index (χ0) is 20.0. The standard InChI is InChI=1S/C18H20ClF3N4O/c1-26(2)15(12-6-4-3-5-7-12)17(27)24-9-8-23-16-14(19)10-13(11-25-16)18(20,21)22/h3-7,10-11,15H,8-9H2,1-2H3,(H,23,25)(H,24,27)/t15-/m0/s1. The average molecular weight is 401 g/mol. The van der Waals surface area contributed by atoms with E-state index in [9.17, 15) is 18.0 Å². The quantitative estimate of drug-likeness (QED) is 0.697. The maximum absolute atomic E-state index is 12.6. The Labute approximate surface area is 160 Å². The Bertz CT molecular complexity index is 769. The molecule has 0 spiro atoms. The highest BCUT2D eigenvalue weighted by atomic mass is 35.5. The van der Waals surface area contributed by atoms with Gasteiger partial charge in [0.15, 0.2) is 0 Å². The molecule has 0 saturated heterocycles. The van der Waals surface area contributed by atoms with Crippen molar-refractivity contribution in [2.75, 3.05) is 32.5 Å². The summed E-state index contributed by atoms with van der Waals surface area (Å²) in [4.78, 5) is 18.0. The first-order valence-electron chi connectivity index (χ1n) is 8.16. The number of hydrogen-bond donors (Lipinski definition) is 2. The molecule has 0 fully saturated rings. The smallest absolute Gasteiger partial charge is 0.367 e.